The van der Waals surface area contributed by atoms with E-state index in [1.54, 1.807) is 81.4 Å². The lowest BCUT2D eigenvalue weighted by atomic mass is 9.96. The van der Waals surface area contributed by atoms with Gasteiger partial charge in [-0.05, 0) is 68.8 Å². The third-order valence-corrected chi connectivity index (χ3v) is 7.65. The first-order valence-corrected chi connectivity index (χ1v) is 13.6. The van der Waals surface area contributed by atoms with E-state index in [-0.39, 0.29) is 11.7 Å². The van der Waals surface area contributed by atoms with Gasteiger partial charge in [0.1, 0.15) is 11.5 Å². The number of carbonyl (C=O) groups excluding carboxylic acids is 1. The lowest BCUT2D eigenvalue weighted by Gasteiger charge is -2.25. The molecule has 38 heavy (non-hydrogen) atoms. The number of fused-ring (bicyclic) bond motifs is 1. The molecule has 10 heteroatoms. The number of rotatable bonds is 5. The molecule has 194 valence electrons. The summed E-state index contributed by atoms with van der Waals surface area (Å²) >= 11 is 19.7. The lowest BCUT2D eigenvalue weighted by Crippen LogP contribution is -2.40. The molecule has 0 radical (unpaired) electrons. The minimum absolute atomic E-state index is 0.303. The van der Waals surface area contributed by atoms with Crippen LogP contribution in [0.15, 0.2) is 80.1 Å². The predicted molar refractivity (Wildman–Crippen MR) is 151 cm³/mol. The Morgan fingerprint density at radius 1 is 1.08 bits per heavy atom. The van der Waals surface area contributed by atoms with E-state index in [0.717, 1.165) is 0 Å². The normalized spacial score (nSPS) is 15.6. The summed E-state index contributed by atoms with van der Waals surface area (Å²) in [7, 11) is 0. The van der Waals surface area contributed by atoms with Crippen LogP contribution in [-0.4, -0.2) is 16.6 Å². The zero-order chi connectivity index (χ0) is 27.1. The molecule has 1 unspecified atom stereocenters. The molecule has 1 aliphatic heterocycles. The highest BCUT2D eigenvalue weighted by atomic mass is 35.5. The number of furan rings is 1. The summed E-state index contributed by atoms with van der Waals surface area (Å²) in [6, 6.07) is 15.0. The van der Waals surface area contributed by atoms with Crippen LogP contribution in [0.5, 0.6) is 0 Å². The maximum Gasteiger partial charge on any atom is 0.338 e. The summed E-state index contributed by atoms with van der Waals surface area (Å²) in [5, 5.41) is 1.52. The summed E-state index contributed by atoms with van der Waals surface area (Å²) in [6.07, 6.45) is 1.32. The second-order valence-corrected chi connectivity index (χ2v) is 11.2. The molecule has 0 bridgehead atoms. The van der Waals surface area contributed by atoms with Gasteiger partial charge in [-0.2, -0.15) is 0 Å². The molecule has 0 N–H and O–H groups in total. The van der Waals surface area contributed by atoms with Gasteiger partial charge in [-0.25, -0.2) is 9.79 Å². The van der Waals surface area contributed by atoms with Crippen LogP contribution in [0.25, 0.3) is 17.4 Å². The van der Waals surface area contributed by atoms with Gasteiger partial charge in [-0.15, -0.1) is 0 Å². The summed E-state index contributed by atoms with van der Waals surface area (Å²) in [6.45, 7) is 5.29. The Balaban J connectivity index is 1.63. The topological polar surface area (TPSA) is 73.8 Å². The van der Waals surface area contributed by atoms with E-state index in [1.165, 1.54) is 15.9 Å². The number of hydrogen-bond acceptors (Lipinski definition) is 6. The minimum atomic E-state index is -0.725. The van der Waals surface area contributed by atoms with E-state index in [1.807, 2.05) is 0 Å². The average molecular weight is 588 g/mol. The van der Waals surface area contributed by atoms with Crippen molar-refractivity contribution in [1.29, 1.82) is 0 Å². The van der Waals surface area contributed by atoms with Gasteiger partial charge >= 0.3 is 5.97 Å². The molecule has 2 aromatic heterocycles. The van der Waals surface area contributed by atoms with E-state index in [0.29, 0.717) is 58.3 Å². The van der Waals surface area contributed by atoms with Crippen LogP contribution in [0.4, 0.5) is 0 Å². The fourth-order valence-corrected chi connectivity index (χ4v) is 5.87. The molecular weight excluding hydrogens is 567 g/mol. The van der Waals surface area contributed by atoms with Crippen LogP contribution < -0.4 is 14.9 Å². The van der Waals surface area contributed by atoms with E-state index >= 15 is 0 Å². The summed E-state index contributed by atoms with van der Waals surface area (Å²) in [5.41, 5.74) is 1.88. The fourth-order valence-electron chi connectivity index (χ4n) is 4.21. The molecule has 2 aromatic carbocycles. The second kappa shape index (κ2) is 10.6. The van der Waals surface area contributed by atoms with Crippen molar-refractivity contribution >= 4 is 58.2 Å². The standard InChI is InChI=1S/C28H21Cl3N2O4S/c1-14(2)36-27(35)24-15(3)32-28-33(25(24)16-4-6-17(29)7-5-16)26(34)23(38-28)13-19-9-11-22(37-19)20-10-8-18(30)12-21(20)31/h4-14,25H,1-3H3. The molecule has 3 heterocycles. The second-order valence-electron chi connectivity index (χ2n) is 8.91. The Morgan fingerprint density at radius 2 is 1.79 bits per heavy atom. The molecule has 4 aromatic rings. The van der Waals surface area contributed by atoms with Crippen molar-refractivity contribution in [3.8, 4) is 11.3 Å². The molecule has 1 aliphatic rings. The van der Waals surface area contributed by atoms with E-state index < -0.39 is 12.0 Å². The van der Waals surface area contributed by atoms with Crippen LogP contribution >= 0.6 is 46.1 Å². The number of thiazole rings is 1. The van der Waals surface area contributed by atoms with Crippen molar-refractivity contribution in [2.24, 2.45) is 4.99 Å². The molecular formula is C28H21Cl3N2O4S. The molecule has 0 aliphatic carbocycles. The molecule has 5 rings (SSSR count). The molecule has 0 saturated heterocycles. The van der Waals surface area contributed by atoms with Gasteiger partial charge in [0.15, 0.2) is 4.80 Å². The van der Waals surface area contributed by atoms with Crippen LogP contribution in [0, 0.1) is 0 Å². The predicted octanol–water partition coefficient (Wildman–Crippen LogP) is 6.41. The van der Waals surface area contributed by atoms with Gasteiger partial charge < -0.3 is 9.15 Å². The lowest BCUT2D eigenvalue weighted by molar-refractivity contribution is -0.143. The highest BCUT2D eigenvalue weighted by Crippen LogP contribution is 2.33. The van der Waals surface area contributed by atoms with Gasteiger partial charge in [0.25, 0.3) is 5.56 Å². The Morgan fingerprint density at radius 3 is 2.47 bits per heavy atom. The van der Waals surface area contributed by atoms with Gasteiger partial charge in [-0.1, -0.05) is 58.3 Å². The van der Waals surface area contributed by atoms with E-state index in [2.05, 4.69) is 4.99 Å². The summed E-state index contributed by atoms with van der Waals surface area (Å²) < 4.78 is 13.4. The molecule has 6 nitrogen and oxygen atoms in total. The van der Waals surface area contributed by atoms with Crippen molar-refractivity contribution in [3.05, 3.63) is 112 Å². The highest BCUT2D eigenvalue weighted by Gasteiger charge is 2.33. The van der Waals surface area contributed by atoms with Crippen LogP contribution in [0.1, 0.15) is 38.1 Å². The van der Waals surface area contributed by atoms with Crippen LogP contribution in [0.2, 0.25) is 15.1 Å². The van der Waals surface area contributed by atoms with Gasteiger partial charge in [0.2, 0.25) is 0 Å². The summed E-state index contributed by atoms with van der Waals surface area (Å²) in [4.78, 5) is 32.0. The average Bonchev–Trinajstić information content (AvgIpc) is 3.42. The number of nitrogens with zero attached hydrogens (tertiary/aromatic N) is 2. The number of benzene rings is 2. The first-order valence-electron chi connectivity index (χ1n) is 11.7. The number of allylic oxidation sites excluding steroid dienone is 1. The minimum Gasteiger partial charge on any atom is -0.459 e. The number of hydrogen-bond donors (Lipinski definition) is 0. The maximum absolute atomic E-state index is 13.7. The number of esters is 1. The zero-order valence-corrected chi connectivity index (χ0v) is 23.6. The van der Waals surface area contributed by atoms with Gasteiger partial charge in [0.05, 0.1) is 33.0 Å². The van der Waals surface area contributed by atoms with Crippen LogP contribution in [-0.2, 0) is 9.53 Å². The van der Waals surface area contributed by atoms with Gasteiger partial charge in [-0.3, -0.25) is 9.36 Å². The number of aromatic nitrogens is 1. The SMILES string of the molecule is CC1=C(C(=O)OC(C)C)C(c2ccc(Cl)cc2)n2c(sc(=Cc3ccc(-c4ccc(Cl)cc4Cl)o3)c2=O)=N1. The fraction of sp³-hybridized carbons (Fsp3) is 0.179. The number of halogens is 3. The van der Waals surface area contributed by atoms with Crippen molar-refractivity contribution in [2.45, 2.75) is 32.9 Å². The quantitative estimate of drug-likeness (QED) is 0.253. The number of carbonyl (C=O) groups is 1. The largest absolute Gasteiger partial charge is 0.459 e. The summed E-state index contributed by atoms with van der Waals surface area (Å²) in [5.74, 6) is 0.486. The smallest absolute Gasteiger partial charge is 0.338 e. The first-order chi connectivity index (χ1) is 18.1. The van der Waals surface area contributed by atoms with Crippen molar-refractivity contribution in [1.82, 2.24) is 4.57 Å². The van der Waals surface area contributed by atoms with Crippen molar-refractivity contribution in [2.75, 3.05) is 0 Å². The van der Waals surface area contributed by atoms with E-state index in [9.17, 15) is 9.59 Å². The van der Waals surface area contributed by atoms with E-state index in [4.69, 9.17) is 44.0 Å². The monoisotopic (exact) mass is 586 g/mol. The molecule has 0 fully saturated rings. The molecule has 0 saturated carbocycles. The van der Waals surface area contributed by atoms with Crippen molar-refractivity contribution < 1.29 is 13.9 Å². The third-order valence-electron chi connectivity index (χ3n) is 5.87. The third kappa shape index (κ3) is 5.12. The van der Waals surface area contributed by atoms with Crippen LogP contribution in [0.3, 0.4) is 0 Å². The van der Waals surface area contributed by atoms with Crippen molar-refractivity contribution in [3.63, 3.8) is 0 Å². The Labute approximate surface area is 237 Å². The Hall–Kier alpha value is -3.10. The van der Waals surface area contributed by atoms with Gasteiger partial charge in [0, 0.05) is 21.7 Å². The highest BCUT2D eigenvalue weighted by molar-refractivity contribution is 7.07. The maximum atomic E-state index is 13.7. The molecule has 0 spiro atoms. The molecule has 1 atom stereocenters. The Bertz CT molecular complexity index is 1760. The first kappa shape index (κ1) is 26.5. The number of ether oxygens (including phenoxy) is 1. The zero-order valence-electron chi connectivity index (χ0n) is 20.5. The Kier molecular flexibility index (Phi) is 7.38. The molecule has 0 amide bonds.